The average Bonchev–Trinajstić information content (AvgIpc) is 2.25. The van der Waals surface area contributed by atoms with Gasteiger partial charge in [-0.1, -0.05) is 29.3 Å². The molecule has 0 saturated carbocycles. The van der Waals surface area contributed by atoms with E-state index in [9.17, 15) is 5.11 Å². The van der Waals surface area contributed by atoms with E-state index in [1.807, 2.05) is 0 Å². The summed E-state index contributed by atoms with van der Waals surface area (Å²) in [6.07, 6.45) is -0.563. The molecule has 2 N–H and O–H groups in total. The van der Waals surface area contributed by atoms with Gasteiger partial charge in [-0.25, -0.2) is 0 Å². The van der Waals surface area contributed by atoms with Crippen LogP contribution in [0.25, 0.3) is 0 Å². The van der Waals surface area contributed by atoms with E-state index in [-0.39, 0.29) is 6.04 Å². The largest absolute Gasteiger partial charge is 0.495 e. The lowest BCUT2D eigenvalue weighted by Gasteiger charge is -2.21. The number of nitrogens with one attached hydrogen (secondary N) is 1. The Balaban J connectivity index is 3.20. The first-order valence-corrected chi connectivity index (χ1v) is 5.65. The van der Waals surface area contributed by atoms with Gasteiger partial charge in [-0.15, -0.1) is 0 Å². The summed E-state index contributed by atoms with van der Waals surface area (Å²) < 4.78 is 5.06. The summed E-state index contributed by atoms with van der Waals surface area (Å²) in [6.45, 7) is 1.69. The van der Waals surface area contributed by atoms with Crippen molar-refractivity contribution >= 4 is 23.2 Å². The second kappa shape index (κ2) is 5.73. The Morgan fingerprint density at radius 2 is 1.94 bits per heavy atom. The maximum Gasteiger partial charge on any atom is 0.139 e. The van der Waals surface area contributed by atoms with Crippen molar-refractivity contribution in [1.29, 1.82) is 0 Å². The smallest absolute Gasteiger partial charge is 0.139 e. The quantitative estimate of drug-likeness (QED) is 0.878. The highest BCUT2D eigenvalue weighted by Crippen LogP contribution is 2.37. The van der Waals surface area contributed by atoms with Crippen molar-refractivity contribution in [3.8, 4) is 5.75 Å². The number of aliphatic hydroxyl groups excluding tert-OH is 1. The second-order valence-corrected chi connectivity index (χ2v) is 4.25. The van der Waals surface area contributed by atoms with E-state index < -0.39 is 6.10 Å². The van der Waals surface area contributed by atoms with Gasteiger partial charge in [-0.3, -0.25) is 0 Å². The molecule has 0 bridgehead atoms. The number of rotatable bonds is 4. The van der Waals surface area contributed by atoms with Crippen LogP contribution in [0.5, 0.6) is 5.75 Å². The lowest BCUT2D eigenvalue weighted by Crippen LogP contribution is -2.27. The van der Waals surface area contributed by atoms with Gasteiger partial charge in [0.1, 0.15) is 10.8 Å². The molecule has 0 amide bonds. The third-order valence-electron chi connectivity index (χ3n) is 2.43. The number of halogens is 2. The fourth-order valence-corrected chi connectivity index (χ4v) is 2.12. The molecule has 0 spiro atoms. The average molecular weight is 264 g/mol. The fraction of sp³-hybridized carbons (Fsp3) is 0.455. The normalized spacial score (nSPS) is 14.6. The van der Waals surface area contributed by atoms with Crippen molar-refractivity contribution in [2.75, 3.05) is 14.2 Å². The molecule has 2 unspecified atom stereocenters. The summed E-state index contributed by atoms with van der Waals surface area (Å²) in [6, 6.07) is 3.27. The molecule has 1 aromatic carbocycles. The first-order chi connectivity index (χ1) is 7.52. The van der Waals surface area contributed by atoms with Crippen molar-refractivity contribution in [2.45, 2.75) is 19.1 Å². The van der Waals surface area contributed by atoms with Crippen LogP contribution >= 0.6 is 23.2 Å². The van der Waals surface area contributed by atoms with Crippen molar-refractivity contribution in [2.24, 2.45) is 0 Å². The summed E-state index contributed by atoms with van der Waals surface area (Å²) >= 11 is 12.2. The fourth-order valence-electron chi connectivity index (χ4n) is 1.60. The van der Waals surface area contributed by atoms with E-state index in [0.29, 0.717) is 15.8 Å². The zero-order chi connectivity index (χ0) is 12.3. The number of benzene rings is 1. The zero-order valence-electron chi connectivity index (χ0n) is 9.42. The van der Waals surface area contributed by atoms with Crippen molar-refractivity contribution in [3.63, 3.8) is 0 Å². The van der Waals surface area contributed by atoms with E-state index >= 15 is 0 Å². The number of ether oxygens (including phenoxy) is 1. The molecule has 0 radical (unpaired) electrons. The molecule has 0 heterocycles. The molecule has 90 valence electrons. The molecule has 0 aromatic heterocycles. The van der Waals surface area contributed by atoms with Gasteiger partial charge in [0, 0.05) is 0 Å². The SMILES string of the molecule is CNC(c1ccc(OC)c(Cl)c1Cl)C(C)O. The van der Waals surface area contributed by atoms with Gasteiger partial charge in [-0.05, 0) is 25.6 Å². The number of aliphatic hydroxyl groups is 1. The molecule has 5 heteroatoms. The van der Waals surface area contributed by atoms with Crippen LogP contribution in [0.3, 0.4) is 0 Å². The molecular formula is C11H15Cl2NO2. The Morgan fingerprint density at radius 1 is 1.31 bits per heavy atom. The standard InChI is InChI=1S/C11H15Cl2NO2/c1-6(15)11(14-2)7-4-5-8(16-3)10(13)9(7)12/h4-6,11,14-15H,1-3H3. The lowest BCUT2D eigenvalue weighted by molar-refractivity contribution is 0.150. The molecule has 0 saturated heterocycles. The van der Waals surface area contributed by atoms with E-state index in [0.717, 1.165) is 5.56 Å². The summed E-state index contributed by atoms with van der Waals surface area (Å²) in [5.74, 6) is 0.524. The Kier molecular flexibility index (Phi) is 4.87. The Morgan fingerprint density at radius 3 is 2.38 bits per heavy atom. The Bertz CT molecular complexity index is 369. The Hall–Kier alpha value is -0.480. The highest BCUT2D eigenvalue weighted by Gasteiger charge is 2.20. The predicted molar refractivity (Wildman–Crippen MR) is 66.5 cm³/mol. The third-order valence-corrected chi connectivity index (χ3v) is 3.30. The molecule has 3 nitrogen and oxygen atoms in total. The molecule has 0 aliphatic heterocycles. The van der Waals surface area contributed by atoms with Crippen LogP contribution in [-0.2, 0) is 0 Å². The molecule has 0 aliphatic rings. The molecule has 16 heavy (non-hydrogen) atoms. The van der Waals surface area contributed by atoms with Crippen LogP contribution in [-0.4, -0.2) is 25.4 Å². The van der Waals surface area contributed by atoms with Gasteiger partial charge in [0.2, 0.25) is 0 Å². The number of hydrogen-bond acceptors (Lipinski definition) is 3. The lowest BCUT2D eigenvalue weighted by atomic mass is 10.0. The number of methoxy groups -OCH3 is 1. The highest BCUT2D eigenvalue weighted by atomic mass is 35.5. The van der Waals surface area contributed by atoms with Crippen LogP contribution in [0.2, 0.25) is 10.0 Å². The second-order valence-electron chi connectivity index (χ2n) is 3.49. The minimum atomic E-state index is -0.563. The van der Waals surface area contributed by atoms with Crippen molar-refractivity contribution in [1.82, 2.24) is 5.32 Å². The summed E-state index contributed by atoms with van der Waals surface area (Å²) in [7, 11) is 3.29. The van der Waals surface area contributed by atoms with Crippen LogP contribution < -0.4 is 10.1 Å². The first kappa shape index (κ1) is 13.6. The van der Waals surface area contributed by atoms with E-state index in [2.05, 4.69) is 5.32 Å². The highest BCUT2D eigenvalue weighted by molar-refractivity contribution is 6.43. The van der Waals surface area contributed by atoms with Crippen LogP contribution in [0, 0.1) is 0 Å². The minimum Gasteiger partial charge on any atom is -0.495 e. The Labute approximate surface area is 105 Å². The van der Waals surface area contributed by atoms with Crippen LogP contribution in [0.1, 0.15) is 18.5 Å². The minimum absolute atomic E-state index is 0.254. The number of likely N-dealkylation sites (N-methyl/N-ethyl adjacent to an activating group) is 1. The number of hydrogen-bond donors (Lipinski definition) is 2. The van der Waals surface area contributed by atoms with Gasteiger partial charge in [0.15, 0.2) is 0 Å². The van der Waals surface area contributed by atoms with E-state index in [1.165, 1.54) is 7.11 Å². The summed E-state index contributed by atoms with van der Waals surface area (Å²) in [5.41, 5.74) is 0.755. The zero-order valence-corrected chi connectivity index (χ0v) is 10.9. The van der Waals surface area contributed by atoms with Gasteiger partial charge < -0.3 is 15.2 Å². The van der Waals surface area contributed by atoms with Gasteiger partial charge in [0.25, 0.3) is 0 Å². The van der Waals surface area contributed by atoms with Gasteiger partial charge in [0.05, 0.1) is 24.3 Å². The maximum absolute atomic E-state index is 9.61. The molecule has 1 aromatic rings. The van der Waals surface area contributed by atoms with Gasteiger partial charge in [-0.2, -0.15) is 0 Å². The monoisotopic (exact) mass is 263 g/mol. The van der Waals surface area contributed by atoms with Gasteiger partial charge >= 0.3 is 0 Å². The maximum atomic E-state index is 9.61. The van der Waals surface area contributed by atoms with Crippen LogP contribution in [0.15, 0.2) is 12.1 Å². The topological polar surface area (TPSA) is 41.5 Å². The predicted octanol–water partition coefficient (Wildman–Crippen LogP) is 2.64. The first-order valence-electron chi connectivity index (χ1n) is 4.90. The van der Waals surface area contributed by atoms with E-state index in [1.54, 1.807) is 26.1 Å². The van der Waals surface area contributed by atoms with Crippen molar-refractivity contribution in [3.05, 3.63) is 27.7 Å². The van der Waals surface area contributed by atoms with Crippen LogP contribution in [0.4, 0.5) is 0 Å². The molecule has 0 fully saturated rings. The molecule has 1 rings (SSSR count). The molecule has 2 atom stereocenters. The molecular weight excluding hydrogens is 249 g/mol. The third kappa shape index (κ3) is 2.61. The van der Waals surface area contributed by atoms with Crippen molar-refractivity contribution < 1.29 is 9.84 Å². The summed E-state index contributed by atoms with van der Waals surface area (Å²) in [4.78, 5) is 0. The molecule has 0 aliphatic carbocycles. The summed E-state index contributed by atoms with van der Waals surface area (Å²) in [5, 5.41) is 13.4. The van der Waals surface area contributed by atoms with E-state index in [4.69, 9.17) is 27.9 Å².